The fraction of sp³-hybridized carbons (Fsp3) is 0. The maximum atomic E-state index is 4.19. The molecule has 4 aromatic rings. The van der Waals surface area contributed by atoms with E-state index in [0.717, 1.165) is 0 Å². The van der Waals surface area contributed by atoms with Gasteiger partial charge in [0.1, 0.15) is 0 Å². The molecule has 0 amide bonds. The van der Waals surface area contributed by atoms with Crippen LogP contribution in [0.2, 0.25) is 0 Å². The average molecular weight is 244 g/mol. The molecule has 2 aromatic carbocycles. The molecule has 4 rings (SSSR count). The van der Waals surface area contributed by atoms with E-state index in [4.69, 9.17) is 0 Å². The summed E-state index contributed by atoms with van der Waals surface area (Å²) in [7, 11) is 0. The number of benzene rings is 2. The number of rotatable bonds is 1. The van der Waals surface area contributed by atoms with Gasteiger partial charge in [-0.3, -0.25) is 4.98 Å². The number of aromatic nitrogens is 2. The van der Waals surface area contributed by atoms with Crippen LogP contribution < -0.4 is 0 Å². The van der Waals surface area contributed by atoms with Crippen molar-refractivity contribution in [1.82, 2.24) is 9.97 Å². The maximum Gasteiger partial charge on any atom is 0.0460 e. The summed E-state index contributed by atoms with van der Waals surface area (Å²) in [4.78, 5) is 7.53. The van der Waals surface area contributed by atoms with Crippen molar-refractivity contribution in [2.24, 2.45) is 0 Å². The van der Waals surface area contributed by atoms with Gasteiger partial charge in [0.15, 0.2) is 0 Å². The molecule has 0 unspecified atom stereocenters. The van der Waals surface area contributed by atoms with E-state index >= 15 is 0 Å². The summed E-state index contributed by atoms with van der Waals surface area (Å²) in [5.74, 6) is 0. The number of pyridine rings is 1. The minimum absolute atomic E-state index is 1.17. The largest absolute Gasteiger partial charge is 0.361 e. The van der Waals surface area contributed by atoms with E-state index in [0.29, 0.717) is 0 Å². The highest BCUT2D eigenvalue weighted by Crippen LogP contribution is 2.33. The first-order chi connectivity index (χ1) is 9.43. The summed E-state index contributed by atoms with van der Waals surface area (Å²) in [5.41, 5.74) is 3.66. The summed E-state index contributed by atoms with van der Waals surface area (Å²) in [5, 5.41) is 3.67. The van der Waals surface area contributed by atoms with Crippen LogP contribution in [0.15, 0.2) is 67.1 Å². The smallest absolute Gasteiger partial charge is 0.0460 e. The molecule has 0 radical (unpaired) electrons. The average Bonchev–Trinajstić information content (AvgIpc) is 2.90. The molecule has 0 fully saturated rings. The molecule has 0 saturated heterocycles. The number of nitrogens with zero attached hydrogens (tertiary/aromatic N) is 1. The van der Waals surface area contributed by atoms with Gasteiger partial charge in [-0.15, -0.1) is 0 Å². The third-order valence-electron chi connectivity index (χ3n) is 3.56. The Balaban J connectivity index is 2.10. The van der Waals surface area contributed by atoms with Crippen LogP contribution in [-0.4, -0.2) is 9.97 Å². The predicted octanol–water partition coefficient (Wildman–Crippen LogP) is 4.38. The van der Waals surface area contributed by atoms with E-state index in [-0.39, 0.29) is 0 Å². The van der Waals surface area contributed by atoms with E-state index in [1.54, 1.807) is 0 Å². The molecule has 2 nitrogen and oxygen atoms in total. The van der Waals surface area contributed by atoms with Crippen molar-refractivity contribution < 1.29 is 0 Å². The highest BCUT2D eigenvalue weighted by molar-refractivity contribution is 6.04. The van der Waals surface area contributed by atoms with Gasteiger partial charge in [-0.2, -0.15) is 0 Å². The number of hydrogen-bond acceptors (Lipinski definition) is 1. The summed E-state index contributed by atoms with van der Waals surface area (Å²) >= 11 is 0. The van der Waals surface area contributed by atoms with Crippen molar-refractivity contribution in [2.75, 3.05) is 0 Å². The molecule has 0 atom stereocenters. The van der Waals surface area contributed by atoms with Crippen LogP contribution in [0.4, 0.5) is 0 Å². The van der Waals surface area contributed by atoms with Crippen molar-refractivity contribution >= 4 is 21.7 Å². The molecule has 1 N–H and O–H groups in total. The van der Waals surface area contributed by atoms with Crippen molar-refractivity contribution in [2.45, 2.75) is 0 Å². The Bertz CT molecular complexity index is 869. The molecular formula is C17H12N2. The molecule has 0 aliphatic rings. The second kappa shape index (κ2) is 3.95. The second-order valence-corrected chi connectivity index (χ2v) is 4.65. The Hall–Kier alpha value is -2.61. The van der Waals surface area contributed by atoms with Crippen LogP contribution in [0.3, 0.4) is 0 Å². The topological polar surface area (TPSA) is 28.7 Å². The van der Waals surface area contributed by atoms with Crippen LogP contribution >= 0.6 is 0 Å². The van der Waals surface area contributed by atoms with Gasteiger partial charge in [-0.1, -0.05) is 36.4 Å². The van der Waals surface area contributed by atoms with Gasteiger partial charge in [-0.25, -0.2) is 0 Å². The Morgan fingerprint density at radius 1 is 0.789 bits per heavy atom. The molecule has 2 heterocycles. The lowest BCUT2D eigenvalue weighted by molar-refractivity contribution is 1.36. The molecule has 0 aliphatic carbocycles. The second-order valence-electron chi connectivity index (χ2n) is 4.65. The zero-order chi connectivity index (χ0) is 12.7. The third-order valence-corrected chi connectivity index (χ3v) is 3.56. The lowest BCUT2D eigenvalue weighted by Gasteiger charge is -2.05. The van der Waals surface area contributed by atoms with Gasteiger partial charge >= 0.3 is 0 Å². The van der Waals surface area contributed by atoms with Crippen LogP contribution in [0.25, 0.3) is 32.8 Å². The molecule has 19 heavy (non-hydrogen) atoms. The van der Waals surface area contributed by atoms with Crippen LogP contribution in [0.5, 0.6) is 0 Å². The van der Waals surface area contributed by atoms with Gasteiger partial charge < -0.3 is 4.98 Å². The number of fused-ring (bicyclic) bond motifs is 2. The first-order valence-corrected chi connectivity index (χ1v) is 6.33. The maximum absolute atomic E-state index is 4.19. The van der Waals surface area contributed by atoms with E-state index < -0.39 is 0 Å². The summed E-state index contributed by atoms with van der Waals surface area (Å²) in [6.07, 6.45) is 5.84. The van der Waals surface area contributed by atoms with Gasteiger partial charge in [-0.05, 0) is 23.1 Å². The summed E-state index contributed by atoms with van der Waals surface area (Å²) in [6, 6.07) is 16.8. The highest BCUT2D eigenvalue weighted by atomic mass is 14.7. The van der Waals surface area contributed by atoms with E-state index in [1.807, 2.05) is 12.4 Å². The fourth-order valence-corrected chi connectivity index (χ4v) is 2.65. The first kappa shape index (κ1) is 10.3. The van der Waals surface area contributed by atoms with E-state index in [2.05, 4.69) is 64.7 Å². The number of hydrogen-bond donors (Lipinski definition) is 1. The molecule has 0 spiro atoms. The number of aromatic amines is 1. The number of nitrogens with one attached hydrogen (secondary N) is 1. The van der Waals surface area contributed by atoms with Gasteiger partial charge in [0.25, 0.3) is 0 Å². The van der Waals surface area contributed by atoms with E-state index in [9.17, 15) is 0 Å². The Kier molecular flexibility index (Phi) is 2.15. The first-order valence-electron chi connectivity index (χ1n) is 6.33. The van der Waals surface area contributed by atoms with Crippen LogP contribution in [0, 0.1) is 0 Å². The molecule has 90 valence electrons. The molecule has 0 bridgehead atoms. The normalized spacial score (nSPS) is 11.2. The molecule has 0 saturated carbocycles. The van der Waals surface area contributed by atoms with Crippen molar-refractivity contribution in [3.05, 3.63) is 67.1 Å². The van der Waals surface area contributed by atoms with Gasteiger partial charge in [0.2, 0.25) is 0 Å². The third kappa shape index (κ3) is 1.54. The highest BCUT2D eigenvalue weighted by Gasteiger charge is 2.08. The fourth-order valence-electron chi connectivity index (χ4n) is 2.65. The number of para-hydroxylation sites is 1. The molecule has 2 aromatic heterocycles. The summed E-state index contributed by atoms with van der Waals surface area (Å²) < 4.78 is 0. The minimum atomic E-state index is 1.17. The quantitative estimate of drug-likeness (QED) is 0.528. The Labute approximate surface area is 110 Å². The molecule has 2 heteroatoms. The van der Waals surface area contributed by atoms with Crippen molar-refractivity contribution in [3.63, 3.8) is 0 Å². The Morgan fingerprint density at radius 2 is 1.74 bits per heavy atom. The SMILES string of the molecule is c1cc(-c2c[nH]c3ccccc23)c2ccncc2c1. The molecular weight excluding hydrogens is 232 g/mol. The van der Waals surface area contributed by atoms with Crippen LogP contribution in [0.1, 0.15) is 0 Å². The molecule has 0 aliphatic heterocycles. The van der Waals surface area contributed by atoms with Gasteiger partial charge in [0.05, 0.1) is 0 Å². The van der Waals surface area contributed by atoms with E-state index in [1.165, 1.54) is 32.8 Å². The van der Waals surface area contributed by atoms with Crippen molar-refractivity contribution in [3.8, 4) is 11.1 Å². The number of H-pyrrole nitrogens is 1. The standard InChI is InChI=1S/C17H12N2/c1-2-7-17-15(5-1)16(11-19-17)14-6-3-4-12-10-18-9-8-13(12)14/h1-11,19H. The van der Waals surface area contributed by atoms with Crippen molar-refractivity contribution in [1.29, 1.82) is 0 Å². The zero-order valence-electron chi connectivity index (χ0n) is 10.3. The monoisotopic (exact) mass is 244 g/mol. The lowest BCUT2D eigenvalue weighted by atomic mass is 9.99. The van der Waals surface area contributed by atoms with Gasteiger partial charge in [0, 0.05) is 40.4 Å². The minimum Gasteiger partial charge on any atom is -0.361 e. The summed E-state index contributed by atoms with van der Waals surface area (Å²) in [6.45, 7) is 0. The zero-order valence-corrected chi connectivity index (χ0v) is 10.3. The predicted molar refractivity (Wildman–Crippen MR) is 79.0 cm³/mol. The lowest BCUT2D eigenvalue weighted by Crippen LogP contribution is -1.81. The Morgan fingerprint density at radius 3 is 2.74 bits per heavy atom. The van der Waals surface area contributed by atoms with Crippen LogP contribution in [-0.2, 0) is 0 Å².